The second-order valence-corrected chi connectivity index (χ2v) is 5.03. The van der Waals surface area contributed by atoms with E-state index < -0.39 is 0 Å². The Labute approximate surface area is 97.6 Å². The Bertz CT molecular complexity index is 318. The molecule has 2 N–H and O–H groups in total. The Morgan fingerprint density at radius 3 is 2.62 bits per heavy atom. The summed E-state index contributed by atoms with van der Waals surface area (Å²) in [7, 11) is 1.97. The predicted molar refractivity (Wildman–Crippen MR) is 64.8 cm³/mol. The molecule has 5 heteroatoms. The summed E-state index contributed by atoms with van der Waals surface area (Å²) in [4.78, 5) is 2.34. The highest BCUT2D eigenvalue weighted by atomic mass is 15.3. The Balaban J connectivity index is 2.59. The minimum absolute atomic E-state index is 0.147. The second-order valence-electron chi connectivity index (χ2n) is 5.03. The summed E-state index contributed by atoms with van der Waals surface area (Å²) in [6.07, 6.45) is 1.73. The zero-order valence-corrected chi connectivity index (χ0v) is 10.8. The highest BCUT2D eigenvalue weighted by molar-refractivity contribution is 4.85. The van der Waals surface area contributed by atoms with Gasteiger partial charge in [0.05, 0.1) is 6.54 Å². The lowest BCUT2D eigenvalue weighted by molar-refractivity contribution is 0.178. The van der Waals surface area contributed by atoms with Gasteiger partial charge < -0.3 is 10.3 Å². The van der Waals surface area contributed by atoms with Gasteiger partial charge in [-0.15, -0.1) is 10.2 Å². The van der Waals surface area contributed by atoms with Gasteiger partial charge in [-0.25, -0.2) is 0 Å². The molecule has 0 bridgehead atoms. The van der Waals surface area contributed by atoms with E-state index in [1.165, 1.54) is 0 Å². The van der Waals surface area contributed by atoms with Gasteiger partial charge in [0.15, 0.2) is 0 Å². The molecule has 0 spiro atoms. The van der Waals surface area contributed by atoms with E-state index in [0.29, 0.717) is 6.54 Å². The maximum Gasteiger partial charge on any atom is 0.146 e. The van der Waals surface area contributed by atoms with Crippen molar-refractivity contribution in [1.82, 2.24) is 19.7 Å². The maximum absolute atomic E-state index is 5.75. The topological polar surface area (TPSA) is 60.0 Å². The molecule has 0 aliphatic rings. The van der Waals surface area contributed by atoms with Crippen molar-refractivity contribution in [2.24, 2.45) is 18.2 Å². The van der Waals surface area contributed by atoms with Gasteiger partial charge in [0.2, 0.25) is 0 Å². The third-order valence-electron chi connectivity index (χ3n) is 2.82. The van der Waals surface area contributed by atoms with E-state index in [2.05, 4.69) is 35.9 Å². The molecule has 1 aromatic rings. The van der Waals surface area contributed by atoms with Crippen LogP contribution in [0.2, 0.25) is 0 Å². The smallest absolute Gasteiger partial charge is 0.146 e. The third kappa shape index (κ3) is 3.57. The summed E-state index contributed by atoms with van der Waals surface area (Å²) in [6.45, 7) is 10.0. The number of aryl methyl sites for hydroxylation is 1. The first-order valence-corrected chi connectivity index (χ1v) is 5.74. The van der Waals surface area contributed by atoms with Crippen molar-refractivity contribution in [3.05, 3.63) is 12.2 Å². The molecule has 0 amide bonds. The van der Waals surface area contributed by atoms with Gasteiger partial charge in [-0.1, -0.05) is 20.8 Å². The summed E-state index contributed by atoms with van der Waals surface area (Å²) < 4.78 is 1.96. The van der Waals surface area contributed by atoms with Crippen LogP contribution < -0.4 is 5.73 Å². The van der Waals surface area contributed by atoms with E-state index in [9.17, 15) is 0 Å². The third-order valence-corrected chi connectivity index (χ3v) is 2.82. The molecule has 1 heterocycles. The number of nitrogens with zero attached hydrogens (tertiary/aromatic N) is 4. The van der Waals surface area contributed by atoms with Crippen molar-refractivity contribution in [2.45, 2.75) is 27.3 Å². The lowest BCUT2D eigenvalue weighted by Crippen LogP contribution is -2.38. The first-order valence-electron chi connectivity index (χ1n) is 5.74. The van der Waals surface area contributed by atoms with E-state index in [4.69, 9.17) is 5.73 Å². The molecule has 0 aliphatic carbocycles. The minimum Gasteiger partial charge on any atom is -0.330 e. The standard InChI is InChI=1S/C11H23N5/c1-5-16(8-11(2,3)7-12)6-10-14-13-9-15(10)4/h9H,5-8,12H2,1-4H3. The number of nitrogens with two attached hydrogens (primary N) is 1. The Kier molecular flexibility index (Phi) is 4.44. The van der Waals surface area contributed by atoms with Crippen molar-refractivity contribution >= 4 is 0 Å². The predicted octanol–water partition coefficient (Wildman–Crippen LogP) is 0.622. The van der Waals surface area contributed by atoms with Crippen molar-refractivity contribution < 1.29 is 0 Å². The van der Waals surface area contributed by atoms with E-state index in [-0.39, 0.29) is 5.41 Å². The first kappa shape index (κ1) is 13.1. The highest BCUT2D eigenvalue weighted by Gasteiger charge is 2.20. The van der Waals surface area contributed by atoms with Crippen LogP contribution in [0.15, 0.2) is 6.33 Å². The van der Waals surface area contributed by atoms with Crippen LogP contribution in [-0.2, 0) is 13.6 Å². The Morgan fingerprint density at radius 1 is 1.50 bits per heavy atom. The van der Waals surface area contributed by atoms with Crippen molar-refractivity contribution in [3.63, 3.8) is 0 Å². The molecule has 0 fully saturated rings. The van der Waals surface area contributed by atoms with Gasteiger partial charge in [-0.05, 0) is 18.5 Å². The van der Waals surface area contributed by atoms with Crippen LogP contribution in [0.25, 0.3) is 0 Å². The molecular weight excluding hydrogens is 202 g/mol. The lowest BCUT2D eigenvalue weighted by atomic mass is 9.93. The van der Waals surface area contributed by atoms with Gasteiger partial charge in [0, 0.05) is 13.6 Å². The normalized spacial score (nSPS) is 12.4. The summed E-state index contributed by atoms with van der Waals surface area (Å²) >= 11 is 0. The average molecular weight is 225 g/mol. The molecule has 0 atom stereocenters. The van der Waals surface area contributed by atoms with Gasteiger partial charge in [0.25, 0.3) is 0 Å². The molecule has 1 aromatic heterocycles. The number of rotatable bonds is 6. The van der Waals surface area contributed by atoms with Crippen LogP contribution in [-0.4, -0.2) is 39.3 Å². The van der Waals surface area contributed by atoms with Crippen LogP contribution in [0.5, 0.6) is 0 Å². The summed E-state index contributed by atoms with van der Waals surface area (Å²) in [5.41, 5.74) is 5.90. The lowest BCUT2D eigenvalue weighted by Gasteiger charge is -2.30. The molecule has 0 aromatic carbocycles. The molecule has 92 valence electrons. The highest BCUT2D eigenvalue weighted by Crippen LogP contribution is 2.15. The fourth-order valence-electron chi connectivity index (χ4n) is 1.60. The fourth-order valence-corrected chi connectivity index (χ4v) is 1.60. The quantitative estimate of drug-likeness (QED) is 0.771. The van der Waals surface area contributed by atoms with Crippen molar-refractivity contribution in [1.29, 1.82) is 0 Å². The molecule has 0 unspecified atom stereocenters. The fraction of sp³-hybridized carbons (Fsp3) is 0.818. The molecule has 0 saturated carbocycles. The van der Waals surface area contributed by atoms with E-state index >= 15 is 0 Å². The van der Waals surface area contributed by atoms with E-state index in [1.807, 2.05) is 11.6 Å². The summed E-state index contributed by atoms with van der Waals surface area (Å²) in [6, 6.07) is 0. The Hall–Kier alpha value is -0.940. The van der Waals surface area contributed by atoms with Gasteiger partial charge in [0.1, 0.15) is 12.2 Å². The average Bonchev–Trinajstić information content (AvgIpc) is 2.63. The molecule has 16 heavy (non-hydrogen) atoms. The second kappa shape index (κ2) is 5.41. The molecule has 0 saturated heterocycles. The first-order chi connectivity index (χ1) is 7.48. The van der Waals surface area contributed by atoms with E-state index in [0.717, 1.165) is 25.5 Å². The van der Waals surface area contributed by atoms with Crippen LogP contribution in [0, 0.1) is 5.41 Å². The molecule has 0 aliphatic heterocycles. The molecule has 1 rings (SSSR count). The SMILES string of the molecule is CCN(Cc1nncn1C)CC(C)(C)CN. The van der Waals surface area contributed by atoms with Crippen molar-refractivity contribution in [3.8, 4) is 0 Å². The Morgan fingerprint density at radius 2 is 2.19 bits per heavy atom. The van der Waals surface area contributed by atoms with Crippen LogP contribution in [0.4, 0.5) is 0 Å². The largest absolute Gasteiger partial charge is 0.330 e. The van der Waals surface area contributed by atoms with Crippen molar-refractivity contribution in [2.75, 3.05) is 19.6 Å². The zero-order valence-electron chi connectivity index (χ0n) is 10.8. The maximum atomic E-state index is 5.75. The van der Waals surface area contributed by atoms with Gasteiger partial charge in [-0.2, -0.15) is 0 Å². The van der Waals surface area contributed by atoms with Crippen LogP contribution in [0.1, 0.15) is 26.6 Å². The van der Waals surface area contributed by atoms with E-state index in [1.54, 1.807) is 6.33 Å². The molecule has 0 radical (unpaired) electrons. The number of aromatic nitrogens is 3. The van der Waals surface area contributed by atoms with Gasteiger partial charge >= 0.3 is 0 Å². The minimum atomic E-state index is 0.147. The van der Waals surface area contributed by atoms with Crippen LogP contribution >= 0.6 is 0 Å². The zero-order chi connectivity index (χ0) is 12.2. The number of hydrogen-bond acceptors (Lipinski definition) is 4. The van der Waals surface area contributed by atoms with Gasteiger partial charge in [-0.3, -0.25) is 4.90 Å². The monoisotopic (exact) mass is 225 g/mol. The number of hydrogen-bond donors (Lipinski definition) is 1. The molecule has 5 nitrogen and oxygen atoms in total. The molecular formula is C11H23N5. The summed E-state index contributed by atoms with van der Waals surface area (Å²) in [5.74, 6) is 0.995. The van der Waals surface area contributed by atoms with Crippen LogP contribution in [0.3, 0.4) is 0 Å². The summed E-state index contributed by atoms with van der Waals surface area (Å²) in [5, 5.41) is 7.99.